The Morgan fingerprint density at radius 2 is 1.81 bits per heavy atom. The fourth-order valence-electron chi connectivity index (χ4n) is 3.05. The molecule has 4 rings (SSSR count). The van der Waals surface area contributed by atoms with Gasteiger partial charge in [-0.1, -0.05) is 83.0 Å². The minimum Gasteiger partial charge on any atom is -0.314 e. The van der Waals surface area contributed by atoms with E-state index in [1.807, 2.05) is 48.5 Å². The van der Waals surface area contributed by atoms with E-state index in [0.29, 0.717) is 27.2 Å². The third kappa shape index (κ3) is 5.45. The van der Waals surface area contributed by atoms with E-state index in [9.17, 15) is 4.79 Å². The lowest BCUT2D eigenvalue weighted by Gasteiger charge is -2.09. The Morgan fingerprint density at radius 3 is 2.62 bits per heavy atom. The third-order valence-electron chi connectivity index (χ3n) is 4.58. The van der Waals surface area contributed by atoms with E-state index in [-0.39, 0.29) is 11.7 Å². The summed E-state index contributed by atoms with van der Waals surface area (Å²) in [5.74, 6) is -0.0978. The molecule has 0 radical (unpaired) electrons. The lowest BCUT2D eigenvalue weighted by Crippen LogP contribution is -2.20. The van der Waals surface area contributed by atoms with Gasteiger partial charge in [0.1, 0.15) is 0 Å². The van der Waals surface area contributed by atoms with Gasteiger partial charge in [-0.25, -0.2) is 10.4 Å². The fourth-order valence-corrected chi connectivity index (χ4v) is 4.33. The summed E-state index contributed by atoms with van der Waals surface area (Å²) < 4.78 is 2.09. The van der Waals surface area contributed by atoms with E-state index in [1.54, 1.807) is 18.2 Å². The SMILES string of the molecule is O=C(CSc1nc2ccccc2n1Cc1ccc(Cl)cc1)NN=Cc1cccc(Cl)c1Cl. The Bertz CT molecular complexity index is 1290. The number of halogens is 3. The van der Waals surface area contributed by atoms with Gasteiger partial charge >= 0.3 is 0 Å². The van der Waals surface area contributed by atoms with Crippen LogP contribution in [0.4, 0.5) is 0 Å². The van der Waals surface area contributed by atoms with Crippen LogP contribution in [0.2, 0.25) is 15.1 Å². The molecular weight excluding hydrogens is 487 g/mol. The van der Waals surface area contributed by atoms with Gasteiger partial charge in [-0.3, -0.25) is 4.79 Å². The molecule has 1 aromatic heterocycles. The maximum atomic E-state index is 12.3. The van der Waals surface area contributed by atoms with Crippen molar-refractivity contribution in [2.24, 2.45) is 5.10 Å². The zero-order chi connectivity index (χ0) is 22.5. The molecule has 0 aliphatic heterocycles. The first-order chi connectivity index (χ1) is 15.5. The minimum absolute atomic E-state index is 0.157. The van der Waals surface area contributed by atoms with Gasteiger partial charge in [0.2, 0.25) is 0 Å². The number of para-hydroxylation sites is 2. The normalized spacial score (nSPS) is 11.3. The standard InChI is InChI=1S/C23H17Cl3N4OS/c24-17-10-8-15(9-11-17)13-30-20-7-2-1-6-19(20)28-23(30)32-14-21(31)29-27-12-16-4-3-5-18(25)22(16)26/h1-12H,13-14H2,(H,29,31). The number of imidazole rings is 1. The van der Waals surface area contributed by atoms with Crippen LogP contribution in [0, 0.1) is 0 Å². The average Bonchev–Trinajstić information content (AvgIpc) is 3.14. The Labute approximate surface area is 204 Å². The first-order valence-corrected chi connectivity index (χ1v) is 11.7. The average molecular weight is 504 g/mol. The molecule has 0 saturated carbocycles. The van der Waals surface area contributed by atoms with Crippen LogP contribution in [0.25, 0.3) is 11.0 Å². The molecule has 9 heteroatoms. The van der Waals surface area contributed by atoms with Crippen LogP contribution in [0.3, 0.4) is 0 Å². The van der Waals surface area contributed by atoms with Crippen LogP contribution < -0.4 is 5.43 Å². The van der Waals surface area contributed by atoms with Crippen molar-refractivity contribution in [3.63, 3.8) is 0 Å². The molecule has 1 heterocycles. The number of nitrogens with one attached hydrogen (secondary N) is 1. The molecule has 0 aliphatic carbocycles. The summed E-state index contributed by atoms with van der Waals surface area (Å²) in [4.78, 5) is 17.0. The van der Waals surface area contributed by atoms with Gasteiger partial charge in [-0.15, -0.1) is 0 Å². The monoisotopic (exact) mass is 502 g/mol. The van der Waals surface area contributed by atoms with Crippen LogP contribution in [0.1, 0.15) is 11.1 Å². The summed E-state index contributed by atoms with van der Waals surface area (Å²) in [5.41, 5.74) is 6.10. The molecule has 1 amide bonds. The number of thioether (sulfide) groups is 1. The molecule has 0 atom stereocenters. The van der Waals surface area contributed by atoms with Gasteiger partial charge in [0, 0.05) is 10.6 Å². The second-order valence-corrected chi connectivity index (χ2v) is 8.98. The highest BCUT2D eigenvalue weighted by atomic mass is 35.5. The van der Waals surface area contributed by atoms with Crippen LogP contribution >= 0.6 is 46.6 Å². The van der Waals surface area contributed by atoms with Crippen molar-refractivity contribution in [2.45, 2.75) is 11.7 Å². The molecule has 0 spiro atoms. The van der Waals surface area contributed by atoms with E-state index in [0.717, 1.165) is 21.8 Å². The lowest BCUT2D eigenvalue weighted by molar-refractivity contribution is -0.118. The molecule has 32 heavy (non-hydrogen) atoms. The summed E-state index contributed by atoms with van der Waals surface area (Å²) in [6.07, 6.45) is 1.46. The highest BCUT2D eigenvalue weighted by Crippen LogP contribution is 2.26. The Morgan fingerprint density at radius 1 is 1.03 bits per heavy atom. The summed E-state index contributed by atoms with van der Waals surface area (Å²) in [6.45, 7) is 0.618. The van der Waals surface area contributed by atoms with Crippen molar-refractivity contribution in [1.29, 1.82) is 0 Å². The molecule has 0 bridgehead atoms. The van der Waals surface area contributed by atoms with Gasteiger partial charge in [0.25, 0.3) is 5.91 Å². The second-order valence-electron chi connectivity index (χ2n) is 6.82. The lowest BCUT2D eigenvalue weighted by atomic mass is 10.2. The molecule has 1 N–H and O–H groups in total. The van der Waals surface area contributed by atoms with E-state index in [4.69, 9.17) is 39.8 Å². The Hall–Kier alpha value is -2.51. The highest BCUT2D eigenvalue weighted by Gasteiger charge is 2.13. The number of hydrazone groups is 1. The molecule has 0 unspecified atom stereocenters. The quantitative estimate of drug-likeness (QED) is 0.183. The number of hydrogen-bond donors (Lipinski definition) is 1. The largest absolute Gasteiger partial charge is 0.314 e. The summed E-state index contributed by atoms with van der Waals surface area (Å²) >= 11 is 19.5. The number of carbonyl (C=O) groups excluding carboxylic acids is 1. The molecule has 5 nitrogen and oxygen atoms in total. The summed E-state index contributed by atoms with van der Waals surface area (Å²) in [6, 6.07) is 20.8. The smallest absolute Gasteiger partial charge is 0.250 e. The highest BCUT2D eigenvalue weighted by molar-refractivity contribution is 7.99. The minimum atomic E-state index is -0.255. The van der Waals surface area contributed by atoms with Gasteiger partial charge < -0.3 is 4.57 Å². The van der Waals surface area contributed by atoms with Gasteiger partial charge in [-0.05, 0) is 35.9 Å². The fraction of sp³-hybridized carbons (Fsp3) is 0.0870. The molecule has 0 aliphatic rings. The van der Waals surface area contributed by atoms with Crippen molar-refractivity contribution >= 4 is 69.7 Å². The summed E-state index contributed by atoms with van der Waals surface area (Å²) in [5, 5.41) is 6.23. The number of fused-ring (bicyclic) bond motifs is 1. The molecule has 162 valence electrons. The maximum Gasteiger partial charge on any atom is 0.250 e. The predicted molar refractivity (Wildman–Crippen MR) is 133 cm³/mol. The molecular formula is C23H17Cl3N4OS. The number of benzene rings is 3. The maximum absolute atomic E-state index is 12.3. The first-order valence-electron chi connectivity index (χ1n) is 9.59. The second kappa shape index (κ2) is 10.4. The van der Waals surface area contributed by atoms with Crippen LogP contribution in [-0.4, -0.2) is 27.4 Å². The van der Waals surface area contributed by atoms with Crippen molar-refractivity contribution in [2.75, 3.05) is 5.75 Å². The third-order valence-corrected chi connectivity index (χ3v) is 6.64. The number of amides is 1. The Balaban J connectivity index is 1.45. The van der Waals surface area contributed by atoms with Gasteiger partial charge in [0.05, 0.1) is 39.6 Å². The van der Waals surface area contributed by atoms with Crippen LogP contribution in [0.15, 0.2) is 77.0 Å². The molecule has 3 aromatic carbocycles. The zero-order valence-corrected chi connectivity index (χ0v) is 19.7. The van der Waals surface area contributed by atoms with Crippen LogP contribution in [0.5, 0.6) is 0 Å². The molecule has 0 saturated heterocycles. The summed E-state index contributed by atoms with van der Waals surface area (Å²) in [7, 11) is 0. The van der Waals surface area contributed by atoms with E-state index < -0.39 is 0 Å². The van der Waals surface area contributed by atoms with E-state index >= 15 is 0 Å². The van der Waals surface area contributed by atoms with Gasteiger partial charge in [0.15, 0.2) is 5.16 Å². The topological polar surface area (TPSA) is 59.3 Å². The number of aromatic nitrogens is 2. The van der Waals surface area contributed by atoms with E-state index in [2.05, 4.69) is 15.1 Å². The van der Waals surface area contributed by atoms with Crippen molar-refractivity contribution in [3.8, 4) is 0 Å². The van der Waals surface area contributed by atoms with Crippen LogP contribution in [-0.2, 0) is 11.3 Å². The molecule has 0 fully saturated rings. The van der Waals surface area contributed by atoms with Crippen molar-refractivity contribution in [1.82, 2.24) is 15.0 Å². The zero-order valence-electron chi connectivity index (χ0n) is 16.6. The number of nitrogens with zero attached hydrogens (tertiary/aromatic N) is 3. The van der Waals surface area contributed by atoms with Gasteiger partial charge in [-0.2, -0.15) is 5.10 Å². The van der Waals surface area contributed by atoms with Crippen molar-refractivity contribution in [3.05, 3.63) is 92.9 Å². The first kappa shape index (κ1) is 22.7. The number of hydrogen-bond acceptors (Lipinski definition) is 4. The number of carbonyl (C=O) groups is 1. The molecule has 4 aromatic rings. The Kier molecular flexibility index (Phi) is 7.37. The van der Waals surface area contributed by atoms with Crippen molar-refractivity contribution < 1.29 is 4.79 Å². The van der Waals surface area contributed by atoms with E-state index in [1.165, 1.54) is 18.0 Å². The predicted octanol–water partition coefficient (Wildman–Crippen LogP) is 6.29. The number of rotatable bonds is 7.